The first-order chi connectivity index (χ1) is 22.8. The molecule has 49 heavy (non-hydrogen) atoms. The molecule has 0 amide bonds. The van der Waals surface area contributed by atoms with Crippen LogP contribution in [0, 0.1) is 23.3 Å². The van der Waals surface area contributed by atoms with Crippen molar-refractivity contribution in [1.29, 1.82) is 0 Å². The molecule has 0 fully saturated rings. The van der Waals surface area contributed by atoms with Gasteiger partial charge < -0.3 is 5.11 Å². The molecule has 0 unspecified atom stereocenters. The Morgan fingerprint density at radius 1 is 0.918 bits per heavy atom. The molecule has 0 saturated heterocycles. The van der Waals surface area contributed by atoms with Gasteiger partial charge in [-0.2, -0.15) is 11.3 Å². The number of aliphatic hydroxyl groups excluding tert-OH is 1. The molecule has 1 radical (unpaired) electrons. The Morgan fingerprint density at radius 2 is 1.55 bits per heavy atom. The smallest absolute Gasteiger partial charge is 0.162 e. The minimum Gasteiger partial charge on any atom is -0.512 e. The van der Waals surface area contributed by atoms with E-state index in [1.807, 2.05) is 27.7 Å². The number of allylic oxidation sites excluding steroid dienone is 2. The van der Waals surface area contributed by atoms with Crippen LogP contribution in [0.25, 0.3) is 42.7 Å². The van der Waals surface area contributed by atoms with Crippen LogP contribution < -0.4 is 0 Å². The van der Waals surface area contributed by atoms with Gasteiger partial charge in [0, 0.05) is 48.1 Å². The standard InChI is InChI=1S/C31H28NS.C13H24O2.Ir/c1-30(2,3)18-19-14-15-24-22(16-19)27-23(29-32-25-12-8-9-13-26(25)33-29)17-20-10-6-7-11-21(20)28(27)31(24,4)5;1-5-10(6-2)12(14)9-13(15)11(7-3)8-4;/h6-16H,18H2,1-5H3;9-11,14H,5-8H2,1-4H3;/q-1;;/b;12-9-;. The predicted octanol–water partition coefficient (Wildman–Crippen LogP) is 12.7. The summed E-state index contributed by atoms with van der Waals surface area (Å²) in [6, 6.07) is 28.1. The van der Waals surface area contributed by atoms with Gasteiger partial charge in [0.05, 0.1) is 16.3 Å². The third kappa shape index (κ3) is 8.11. The van der Waals surface area contributed by atoms with Crippen LogP contribution in [0.1, 0.15) is 105 Å². The van der Waals surface area contributed by atoms with E-state index < -0.39 is 0 Å². The molecule has 1 aliphatic rings. The summed E-state index contributed by atoms with van der Waals surface area (Å²) in [4.78, 5) is 16.8. The fourth-order valence-electron chi connectivity index (χ4n) is 7.30. The molecule has 0 aliphatic heterocycles. The van der Waals surface area contributed by atoms with Gasteiger partial charge in [-0.25, -0.2) is 0 Å². The summed E-state index contributed by atoms with van der Waals surface area (Å²) in [6.45, 7) is 19.7. The van der Waals surface area contributed by atoms with Crippen molar-refractivity contribution in [1.82, 2.24) is 4.98 Å². The average Bonchev–Trinajstić information content (AvgIpc) is 3.58. The van der Waals surface area contributed by atoms with Crippen molar-refractivity contribution in [2.75, 3.05) is 0 Å². The molecule has 1 N–H and O–H groups in total. The second-order valence-electron chi connectivity index (χ2n) is 15.0. The van der Waals surface area contributed by atoms with Gasteiger partial charge in [0.1, 0.15) is 0 Å². The number of para-hydroxylation sites is 1. The van der Waals surface area contributed by atoms with Crippen LogP contribution in [0.15, 0.2) is 78.6 Å². The maximum absolute atomic E-state index is 11.7. The number of carbonyl (C=O) groups is 1. The molecule has 0 atom stereocenters. The van der Waals surface area contributed by atoms with Crippen LogP contribution in [0.2, 0.25) is 0 Å². The van der Waals surface area contributed by atoms with Crippen LogP contribution in [-0.4, -0.2) is 15.9 Å². The molecule has 3 nitrogen and oxygen atoms in total. The zero-order valence-corrected chi connectivity index (χ0v) is 33.9. The van der Waals surface area contributed by atoms with Crippen LogP contribution in [0.4, 0.5) is 0 Å². The molecule has 4 aromatic carbocycles. The van der Waals surface area contributed by atoms with Crippen LogP contribution in [-0.2, 0) is 36.7 Å². The van der Waals surface area contributed by atoms with Crippen LogP contribution >= 0.6 is 11.3 Å². The van der Waals surface area contributed by atoms with Crippen molar-refractivity contribution in [2.45, 2.75) is 99.8 Å². The third-order valence-corrected chi connectivity index (χ3v) is 11.0. The maximum Gasteiger partial charge on any atom is 0.162 e. The molecular weight excluding hydrogens is 799 g/mol. The van der Waals surface area contributed by atoms with E-state index in [-0.39, 0.29) is 54.3 Å². The quantitative estimate of drug-likeness (QED) is 0.0913. The molecule has 6 rings (SSSR count). The summed E-state index contributed by atoms with van der Waals surface area (Å²) < 4.78 is 1.22. The fourth-order valence-corrected chi connectivity index (χ4v) is 8.28. The average molecular weight is 851 g/mol. The Bertz CT molecular complexity index is 1920. The Kier molecular flexibility index (Phi) is 12.5. The van der Waals surface area contributed by atoms with E-state index in [2.05, 4.69) is 107 Å². The Labute approximate surface area is 311 Å². The van der Waals surface area contributed by atoms with Crippen molar-refractivity contribution >= 4 is 38.1 Å². The zero-order valence-electron chi connectivity index (χ0n) is 30.7. The number of rotatable bonds is 9. The van der Waals surface area contributed by atoms with Gasteiger partial charge in [-0.1, -0.05) is 133 Å². The minimum atomic E-state index is -0.0783. The van der Waals surface area contributed by atoms with E-state index in [0.29, 0.717) is 0 Å². The summed E-state index contributed by atoms with van der Waals surface area (Å²) in [5, 5.41) is 13.3. The van der Waals surface area contributed by atoms with Crippen molar-refractivity contribution in [2.24, 2.45) is 17.3 Å². The molecule has 261 valence electrons. The maximum atomic E-state index is 11.7. The first kappa shape index (κ1) is 38.7. The Balaban J connectivity index is 0.000000290. The van der Waals surface area contributed by atoms with E-state index >= 15 is 0 Å². The molecule has 5 aromatic rings. The van der Waals surface area contributed by atoms with E-state index in [4.69, 9.17) is 4.98 Å². The first-order valence-electron chi connectivity index (χ1n) is 17.7. The van der Waals surface area contributed by atoms with Gasteiger partial charge in [0.25, 0.3) is 0 Å². The Morgan fingerprint density at radius 3 is 2.18 bits per heavy atom. The second-order valence-corrected chi connectivity index (χ2v) is 16.1. The van der Waals surface area contributed by atoms with Crippen molar-refractivity contribution in [3.63, 3.8) is 0 Å². The number of aromatic nitrogens is 1. The largest absolute Gasteiger partial charge is 0.512 e. The summed E-state index contributed by atoms with van der Waals surface area (Å²) >= 11 is 1.77. The summed E-state index contributed by atoms with van der Waals surface area (Å²) in [7, 11) is 0. The number of aliphatic hydroxyl groups is 1. The number of hydrogen-bond acceptors (Lipinski definition) is 4. The molecule has 0 spiro atoms. The van der Waals surface area contributed by atoms with E-state index in [1.54, 1.807) is 11.3 Å². The monoisotopic (exact) mass is 851 g/mol. The number of hydrogen-bond donors (Lipinski definition) is 1. The minimum absolute atomic E-state index is 0. The van der Waals surface area contributed by atoms with Crippen molar-refractivity contribution < 1.29 is 30.0 Å². The molecule has 5 heteroatoms. The van der Waals surface area contributed by atoms with Crippen LogP contribution in [0.3, 0.4) is 0 Å². The first-order valence-corrected chi connectivity index (χ1v) is 18.6. The SMILES string of the molecule is CC(C)(C)Cc1ccc2c(c1)-c1c(-c3nc4ccccc4s3)[c-]c3ccccc3c1C2(C)C.CCC(CC)C(=O)/C=C(\O)C(CC)CC.[Ir]. The van der Waals surface area contributed by atoms with Gasteiger partial charge in [-0.15, -0.1) is 17.5 Å². The molecule has 0 saturated carbocycles. The van der Waals surface area contributed by atoms with E-state index in [0.717, 1.165) is 48.2 Å². The topological polar surface area (TPSA) is 50.2 Å². The normalized spacial score (nSPS) is 13.7. The molecular formula is C44H52IrNO2S-. The second kappa shape index (κ2) is 15.8. The number of benzene rings is 4. The molecule has 0 bridgehead atoms. The summed E-state index contributed by atoms with van der Waals surface area (Å²) in [6.07, 6.45) is 5.97. The van der Waals surface area contributed by atoms with Crippen molar-refractivity contribution in [3.8, 4) is 21.7 Å². The molecule has 1 aliphatic carbocycles. The fraction of sp³-hybridized carbons (Fsp3) is 0.409. The number of carbonyl (C=O) groups excluding carboxylic acids is 1. The molecule has 1 aromatic heterocycles. The molecule has 1 heterocycles. The van der Waals surface area contributed by atoms with Gasteiger partial charge in [-0.05, 0) is 66.3 Å². The van der Waals surface area contributed by atoms with Gasteiger partial charge >= 0.3 is 0 Å². The van der Waals surface area contributed by atoms with Gasteiger partial charge in [0.15, 0.2) is 5.78 Å². The van der Waals surface area contributed by atoms with Gasteiger partial charge in [0.2, 0.25) is 0 Å². The number of ketones is 1. The Hall–Kier alpha value is -3.11. The van der Waals surface area contributed by atoms with Crippen LogP contribution in [0.5, 0.6) is 0 Å². The van der Waals surface area contributed by atoms with Crippen molar-refractivity contribution in [3.05, 3.63) is 101 Å². The van der Waals surface area contributed by atoms with E-state index in [9.17, 15) is 9.90 Å². The number of nitrogens with zero attached hydrogens (tertiary/aromatic N) is 1. The summed E-state index contributed by atoms with van der Waals surface area (Å²) in [5.41, 5.74) is 9.26. The van der Waals surface area contributed by atoms with Gasteiger partial charge in [-0.3, -0.25) is 9.78 Å². The zero-order chi connectivity index (χ0) is 34.8. The third-order valence-electron chi connectivity index (χ3n) is 9.93. The number of thiazole rings is 1. The summed E-state index contributed by atoms with van der Waals surface area (Å²) in [5.74, 6) is 0.547. The number of fused-ring (bicyclic) bond motifs is 6. The predicted molar refractivity (Wildman–Crippen MR) is 206 cm³/mol. The van der Waals surface area contributed by atoms with E-state index in [1.165, 1.54) is 49.4 Å².